The van der Waals surface area contributed by atoms with Crippen LogP contribution in [0.2, 0.25) is 0 Å². The SMILES string of the molecule is CCCCCCCCO[CH](C)[Na].O=C(O)CC(C(=O)O)S(=O)(=O)O. The van der Waals surface area contributed by atoms with E-state index in [1.54, 1.807) is 0 Å². The quantitative estimate of drug-likeness (QED) is 0.265. The molecule has 0 spiro atoms. The molecule has 3 N–H and O–H groups in total. The molecule has 0 rings (SSSR count). The van der Waals surface area contributed by atoms with Crippen molar-refractivity contribution >= 4 is 50.0 Å². The van der Waals surface area contributed by atoms with Gasteiger partial charge in [-0.1, -0.05) is 0 Å². The molecular formula is C14H27NaO8S. The van der Waals surface area contributed by atoms with Gasteiger partial charge in [0.25, 0.3) is 10.1 Å². The van der Waals surface area contributed by atoms with Crippen LogP contribution in [0, 0.1) is 0 Å². The van der Waals surface area contributed by atoms with E-state index in [0.29, 0.717) is 3.35 Å². The van der Waals surface area contributed by atoms with E-state index in [0.717, 1.165) is 6.61 Å². The van der Waals surface area contributed by atoms with E-state index in [2.05, 4.69) is 13.8 Å². The Bertz CT molecular complexity index is 450. The molecule has 0 aliphatic carbocycles. The van der Waals surface area contributed by atoms with Crippen LogP contribution < -0.4 is 0 Å². The van der Waals surface area contributed by atoms with Crippen LogP contribution >= 0.6 is 0 Å². The van der Waals surface area contributed by atoms with E-state index in [-0.39, 0.29) is 0 Å². The molecule has 0 saturated heterocycles. The Labute approximate surface area is 161 Å². The first-order valence-corrected chi connectivity index (χ1v) is 10.7. The molecule has 0 bridgehead atoms. The van der Waals surface area contributed by atoms with Gasteiger partial charge in [-0.05, 0) is 0 Å². The smallest absolute Gasteiger partial charge is 0.325 e. The first-order chi connectivity index (χ1) is 11.0. The molecule has 24 heavy (non-hydrogen) atoms. The topological polar surface area (TPSA) is 138 Å². The van der Waals surface area contributed by atoms with Gasteiger partial charge in [-0.25, -0.2) is 0 Å². The number of carboxylic acid groups (broad SMARTS) is 2. The average molecular weight is 378 g/mol. The van der Waals surface area contributed by atoms with Crippen molar-refractivity contribution in [2.75, 3.05) is 6.61 Å². The number of aliphatic carboxylic acids is 2. The van der Waals surface area contributed by atoms with Crippen LogP contribution in [-0.2, 0) is 24.4 Å². The first-order valence-electron chi connectivity index (χ1n) is 8.04. The molecule has 0 aliphatic heterocycles. The molecule has 2 atom stereocenters. The van der Waals surface area contributed by atoms with Gasteiger partial charge in [0.2, 0.25) is 0 Å². The monoisotopic (exact) mass is 378 g/mol. The zero-order valence-electron chi connectivity index (χ0n) is 14.6. The van der Waals surface area contributed by atoms with Crippen LogP contribution in [0.5, 0.6) is 0 Å². The van der Waals surface area contributed by atoms with Gasteiger partial charge in [0.05, 0.1) is 6.42 Å². The van der Waals surface area contributed by atoms with Crippen molar-refractivity contribution in [3.63, 3.8) is 0 Å². The molecule has 0 fully saturated rings. The molecule has 0 aromatic heterocycles. The zero-order valence-corrected chi connectivity index (χ0v) is 17.4. The minimum atomic E-state index is -4.84. The number of carbonyl (C=O) groups is 2. The molecule has 0 aromatic rings. The molecule has 0 amide bonds. The summed E-state index contributed by atoms with van der Waals surface area (Å²) in [6.45, 7) is 5.40. The zero-order chi connectivity index (χ0) is 19.2. The normalized spacial score (nSPS) is 13.5. The van der Waals surface area contributed by atoms with E-state index in [9.17, 15) is 18.0 Å². The Hall–Kier alpha value is -0.190. The molecule has 0 aliphatic rings. The van der Waals surface area contributed by atoms with Gasteiger partial charge in [0, 0.05) is 0 Å². The van der Waals surface area contributed by atoms with Gasteiger partial charge >= 0.3 is 107 Å². The fourth-order valence-electron chi connectivity index (χ4n) is 1.68. The third-order valence-corrected chi connectivity index (χ3v) is 4.36. The molecule has 10 heteroatoms. The van der Waals surface area contributed by atoms with Gasteiger partial charge < -0.3 is 10.2 Å². The van der Waals surface area contributed by atoms with Crippen LogP contribution in [0.3, 0.4) is 0 Å². The summed E-state index contributed by atoms with van der Waals surface area (Å²) < 4.78 is 34.7. The number of hydrogen-bond acceptors (Lipinski definition) is 5. The third-order valence-electron chi connectivity index (χ3n) is 2.94. The number of hydrogen-bond donors (Lipinski definition) is 3. The number of ether oxygens (including phenoxy) is 1. The van der Waals surface area contributed by atoms with E-state index < -0.39 is 33.7 Å². The van der Waals surface area contributed by atoms with Crippen molar-refractivity contribution in [3.05, 3.63) is 0 Å². The van der Waals surface area contributed by atoms with Crippen molar-refractivity contribution in [1.82, 2.24) is 0 Å². The predicted octanol–water partition coefficient (Wildman–Crippen LogP) is 1.68. The molecule has 138 valence electrons. The Morgan fingerprint density at radius 3 is 1.92 bits per heavy atom. The van der Waals surface area contributed by atoms with Gasteiger partial charge in [-0.15, -0.1) is 0 Å². The molecule has 0 aromatic carbocycles. The van der Waals surface area contributed by atoms with Crippen LogP contribution in [-0.4, -0.2) is 78.3 Å². The van der Waals surface area contributed by atoms with Crippen molar-refractivity contribution in [2.45, 2.75) is 67.4 Å². The molecule has 0 saturated carbocycles. The number of rotatable bonds is 12. The predicted molar refractivity (Wildman–Crippen MR) is 89.8 cm³/mol. The molecular weight excluding hydrogens is 351 g/mol. The second-order valence-corrected chi connectivity index (χ2v) is 8.85. The van der Waals surface area contributed by atoms with Crippen molar-refractivity contribution < 1.29 is 37.5 Å². The maximum atomic E-state index is 10.2. The van der Waals surface area contributed by atoms with E-state index >= 15 is 0 Å². The molecule has 2 unspecified atom stereocenters. The fourth-order valence-corrected chi connectivity index (χ4v) is 2.52. The summed E-state index contributed by atoms with van der Waals surface area (Å²) in [6.07, 6.45) is 7.00. The summed E-state index contributed by atoms with van der Waals surface area (Å²) in [5, 5.41) is 13.9. The fraction of sp³-hybridized carbons (Fsp3) is 0.857. The minimum absolute atomic E-state index is 0.542. The molecule has 0 heterocycles. The summed E-state index contributed by atoms with van der Waals surface area (Å²) in [4.78, 5) is 20.0. The van der Waals surface area contributed by atoms with Crippen LogP contribution in [0.1, 0.15) is 58.8 Å². The third kappa shape index (κ3) is 18.2. The molecule has 8 nitrogen and oxygen atoms in total. The Kier molecular flexibility index (Phi) is 16.4. The minimum Gasteiger partial charge on any atom is -0.481 e. The van der Waals surface area contributed by atoms with Gasteiger partial charge in [0.15, 0.2) is 5.25 Å². The van der Waals surface area contributed by atoms with Gasteiger partial charge in [0.1, 0.15) is 0 Å². The Morgan fingerprint density at radius 1 is 1.08 bits per heavy atom. The van der Waals surface area contributed by atoms with E-state index in [1.165, 1.54) is 66.5 Å². The second-order valence-electron chi connectivity index (χ2n) is 5.63. The first kappa shape index (κ1) is 26.0. The Morgan fingerprint density at radius 2 is 1.58 bits per heavy atom. The van der Waals surface area contributed by atoms with Gasteiger partial charge in [-0.2, -0.15) is 8.42 Å². The van der Waals surface area contributed by atoms with Crippen molar-refractivity contribution in [1.29, 1.82) is 0 Å². The average Bonchev–Trinajstić information content (AvgIpc) is 2.42. The van der Waals surface area contributed by atoms with E-state index in [1.807, 2.05) is 0 Å². The Balaban J connectivity index is 0. The van der Waals surface area contributed by atoms with Crippen LogP contribution in [0.15, 0.2) is 0 Å². The number of unbranched alkanes of at least 4 members (excludes halogenated alkanes) is 5. The maximum Gasteiger partial charge on any atom is 0.325 e. The van der Waals surface area contributed by atoms with E-state index in [4.69, 9.17) is 19.5 Å². The van der Waals surface area contributed by atoms with Crippen LogP contribution in [0.25, 0.3) is 0 Å². The number of carboxylic acids is 2. The summed E-state index contributed by atoms with van der Waals surface area (Å²) in [5.41, 5.74) is 0. The standard InChI is InChI=1S/C10H21O.C4H6O7S.Na/c1-3-5-6-7-8-9-10-11-4-2;5-3(6)1-2(4(7)8)12(9,10)11;/h4H,3,5-10H2,1-2H3;2H,1H2,(H,5,6)(H,7,8)(H,9,10,11);. The summed E-state index contributed by atoms with van der Waals surface area (Å²) >= 11 is 1.17. The maximum absolute atomic E-state index is 10.2. The second kappa shape index (κ2) is 15.1. The molecule has 0 radical (unpaired) electrons. The van der Waals surface area contributed by atoms with Gasteiger partial charge in [-0.3, -0.25) is 14.1 Å². The largest absolute Gasteiger partial charge is 0.481 e. The summed E-state index contributed by atoms with van der Waals surface area (Å²) in [5.74, 6) is -3.50. The summed E-state index contributed by atoms with van der Waals surface area (Å²) in [6, 6.07) is 0. The van der Waals surface area contributed by atoms with Crippen LogP contribution in [0.4, 0.5) is 0 Å². The van der Waals surface area contributed by atoms with Crippen molar-refractivity contribution in [3.8, 4) is 0 Å². The summed E-state index contributed by atoms with van der Waals surface area (Å²) in [7, 11) is -4.84. The van der Waals surface area contributed by atoms with Crippen molar-refractivity contribution in [2.24, 2.45) is 0 Å².